The molecule has 1 amide bonds. The van der Waals surface area contributed by atoms with Crippen LogP contribution in [0.25, 0.3) is 0 Å². The molecule has 1 saturated heterocycles. The number of benzene rings is 2. The molecule has 1 heterocycles. The number of nitrogens with zero attached hydrogens (tertiary/aromatic N) is 1. The van der Waals surface area contributed by atoms with Gasteiger partial charge in [-0.15, -0.1) is 0 Å². The number of hydrogen-bond donors (Lipinski definition) is 1. The quantitative estimate of drug-likeness (QED) is 0.815. The first kappa shape index (κ1) is 19.9. The van der Waals surface area contributed by atoms with Gasteiger partial charge in [0.1, 0.15) is 0 Å². The Morgan fingerprint density at radius 1 is 1.07 bits per heavy atom. The first-order valence-corrected chi connectivity index (χ1v) is 10.9. The van der Waals surface area contributed by atoms with Crippen LogP contribution in [0.5, 0.6) is 0 Å². The summed E-state index contributed by atoms with van der Waals surface area (Å²) in [5.74, 6) is -0.321. The summed E-state index contributed by atoms with van der Waals surface area (Å²) < 4.78 is 27.1. The van der Waals surface area contributed by atoms with Crippen molar-refractivity contribution in [2.75, 3.05) is 13.1 Å². The van der Waals surface area contributed by atoms with Crippen LogP contribution in [0.3, 0.4) is 0 Å². The van der Waals surface area contributed by atoms with Crippen molar-refractivity contribution in [2.24, 2.45) is 0 Å². The number of halogens is 1. The van der Waals surface area contributed by atoms with Gasteiger partial charge < -0.3 is 5.32 Å². The first-order valence-electron chi connectivity index (χ1n) is 9.04. The van der Waals surface area contributed by atoms with Crippen molar-refractivity contribution in [2.45, 2.75) is 37.1 Å². The molecule has 1 N–H and O–H groups in total. The Hall–Kier alpha value is -1.89. The van der Waals surface area contributed by atoms with E-state index < -0.39 is 10.0 Å². The molecular weight excluding hydrogens is 384 g/mol. The molecule has 1 atom stereocenters. The molecule has 144 valence electrons. The third-order valence-corrected chi connectivity index (χ3v) is 6.88. The minimum atomic E-state index is -3.57. The van der Waals surface area contributed by atoms with Gasteiger partial charge in [0, 0.05) is 23.7 Å². The molecule has 1 aliphatic rings. The van der Waals surface area contributed by atoms with Gasteiger partial charge in [-0.05, 0) is 55.7 Å². The van der Waals surface area contributed by atoms with Crippen LogP contribution in [0.2, 0.25) is 5.02 Å². The van der Waals surface area contributed by atoms with Crippen molar-refractivity contribution >= 4 is 27.5 Å². The van der Waals surface area contributed by atoms with E-state index in [1.807, 2.05) is 19.1 Å². The Morgan fingerprint density at radius 3 is 2.48 bits per heavy atom. The van der Waals surface area contributed by atoms with E-state index in [1.54, 1.807) is 30.3 Å². The van der Waals surface area contributed by atoms with Crippen molar-refractivity contribution < 1.29 is 13.2 Å². The maximum absolute atomic E-state index is 12.8. The molecule has 2 aromatic rings. The maximum Gasteiger partial charge on any atom is 0.251 e. The summed E-state index contributed by atoms with van der Waals surface area (Å²) in [6, 6.07) is 13.2. The molecule has 0 aromatic heterocycles. The van der Waals surface area contributed by atoms with E-state index in [9.17, 15) is 13.2 Å². The molecule has 27 heavy (non-hydrogen) atoms. The average Bonchev–Trinajstić information content (AvgIpc) is 2.68. The van der Waals surface area contributed by atoms with Crippen molar-refractivity contribution in [1.82, 2.24) is 9.62 Å². The highest BCUT2D eigenvalue weighted by Crippen LogP contribution is 2.22. The molecule has 0 spiro atoms. The largest absolute Gasteiger partial charge is 0.346 e. The van der Waals surface area contributed by atoms with Crippen LogP contribution in [-0.2, 0) is 10.0 Å². The van der Waals surface area contributed by atoms with Crippen LogP contribution in [0, 0.1) is 0 Å². The fraction of sp³-hybridized carbons (Fsp3) is 0.350. The Kier molecular flexibility index (Phi) is 6.19. The summed E-state index contributed by atoms with van der Waals surface area (Å²) >= 11 is 6.00. The van der Waals surface area contributed by atoms with E-state index in [1.165, 1.54) is 10.4 Å². The van der Waals surface area contributed by atoms with Gasteiger partial charge in [-0.25, -0.2) is 8.42 Å². The lowest BCUT2D eigenvalue weighted by Crippen LogP contribution is -2.35. The van der Waals surface area contributed by atoms with Gasteiger partial charge in [-0.2, -0.15) is 4.31 Å². The Bertz CT molecular complexity index is 924. The van der Waals surface area contributed by atoms with Gasteiger partial charge in [0.2, 0.25) is 10.0 Å². The summed E-state index contributed by atoms with van der Waals surface area (Å²) in [5.41, 5.74) is 1.20. The lowest BCUT2D eigenvalue weighted by Gasteiger charge is -2.26. The lowest BCUT2D eigenvalue weighted by atomic mass is 10.1. The van der Waals surface area contributed by atoms with Crippen LogP contribution < -0.4 is 5.32 Å². The summed E-state index contributed by atoms with van der Waals surface area (Å²) in [4.78, 5) is 12.8. The third-order valence-electron chi connectivity index (χ3n) is 4.75. The molecule has 2 aromatic carbocycles. The number of carbonyl (C=O) groups is 1. The Morgan fingerprint density at radius 2 is 1.78 bits per heavy atom. The van der Waals surface area contributed by atoms with Gasteiger partial charge in [0.05, 0.1) is 10.9 Å². The molecule has 0 aliphatic carbocycles. The van der Waals surface area contributed by atoms with Gasteiger partial charge in [0.15, 0.2) is 0 Å². The Labute approximate surface area is 165 Å². The smallest absolute Gasteiger partial charge is 0.251 e. The predicted molar refractivity (Wildman–Crippen MR) is 106 cm³/mol. The molecular formula is C20H23ClN2O3S. The van der Waals surface area contributed by atoms with Crippen LogP contribution in [0.1, 0.15) is 48.1 Å². The van der Waals surface area contributed by atoms with E-state index >= 15 is 0 Å². The molecule has 0 bridgehead atoms. The topological polar surface area (TPSA) is 66.5 Å². The number of carbonyl (C=O) groups excluding carboxylic acids is 1. The second-order valence-electron chi connectivity index (χ2n) is 6.74. The zero-order valence-corrected chi connectivity index (χ0v) is 16.8. The summed E-state index contributed by atoms with van der Waals surface area (Å²) in [6.45, 7) is 2.92. The number of nitrogens with one attached hydrogen (secondary N) is 1. The standard InChI is InChI=1S/C20H23ClN2O3S/c1-15(16-7-5-9-18(21)13-16)22-20(24)17-8-6-10-19(14-17)27(25,26)23-11-3-2-4-12-23/h5-10,13-15H,2-4,11-12H2,1H3,(H,22,24). The molecule has 0 radical (unpaired) electrons. The summed E-state index contributed by atoms with van der Waals surface area (Å²) in [7, 11) is -3.57. The fourth-order valence-electron chi connectivity index (χ4n) is 3.19. The normalized spacial score (nSPS) is 16.7. The number of sulfonamides is 1. The van der Waals surface area contributed by atoms with Crippen LogP contribution >= 0.6 is 11.6 Å². The number of hydrogen-bond acceptors (Lipinski definition) is 3. The molecule has 1 aliphatic heterocycles. The van der Waals surface area contributed by atoms with E-state index in [0.717, 1.165) is 24.8 Å². The van der Waals surface area contributed by atoms with Gasteiger partial charge in [0.25, 0.3) is 5.91 Å². The minimum Gasteiger partial charge on any atom is -0.346 e. The average molecular weight is 407 g/mol. The molecule has 0 saturated carbocycles. The van der Waals surface area contributed by atoms with Gasteiger partial charge >= 0.3 is 0 Å². The highest BCUT2D eigenvalue weighted by molar-refractivity contribution is 7.89. The van der Waals surface area contributed by atoms with E-state index in [-0.39, 0.29) is 16.8 Å². The van der Waals surface area contributed by atoms with Crippen molar-refractivity contribution in [3.63, 3.8) is 0 Å². The van der Waals surface area contributed by atoms with Crippen molar-refractivity contribution in [1.29, 1.82) is 0 Å². The zero-order chi connectivity index (χ0) is 19.4. The maximum atomic E-state index is 12.8. The summed E-state index contributed by atoms with van der Waals surface area (Å²) in [5, 5.41) is 3.49. The minimum absolute atomic E-state index is 0.160. The van der Waals surface area contributed by atoms with E-state index in [4.69, 9.17) is 11.6 Å². The van der Waals surface area contributed by atoms with Crippen molar-refractivity contribution in [3.8, 4) is 0 Å². The molecule has 7 heteroatoms. The van der Waals surface area contributed by atoms with E-state index in [0.29, 0.717) is 23.7 Å². The third kappa shape index (κ3) is 4.69. The lowest BCUT2D eigenvalue weighted by molar-refractivity contribution is 0.0939. The number of rotatable bonds is 5. The molecule has 5 nitrogen and oxygen atoms in total. The highest BCUT2D eigenvalue weighted by atomic mass is 35.5. The SMILES string of the molecule is CC(NC(=O)c1cccc(S(=O)(=O)N2CCCCC2)c1)c1cccc(Cl)c1. The number of amides is 1. The van der Waals surface area contributed by atoms with Crippen LogP contribution in [0.4, 0.5) is 0 Å². The van der Waals surface area contributed by atoms with E-state index in [2.05, 4.69) is 5.32 Å². The molecule has 1 unspecified atom stereocenters. The fourth-order valence-corrected chi connectivity index (χ4v) is 4.95. The molecule has 1 fully saturated rings. The highest BCUT2D eigenvalue weighted by Gasteiger charge is 2.26. The van der Waals surface area contributed by atoms with Gasteiger partial charge in [-0.1, -0.05) is 36.2 Å². The van der Waals surface area contributed by atoms with Gasteiger partial charge in [-0.3, -0.25) is 4.79 Å². The summed E-state index contributed by atoms with van der Waals surface area (Å²) in [6.07, 6.45) is 2.79. The number of piperidine rings is 1. The monoisotopic (exact) mass is 406 g/mol. The first-order chi connectivity index (χ1) is 12.9. The zero-order valence-electron chi connectivity index (χ0n) is 15.2. The molecule has 3 rings (SSSR count). The van der Waals surface area contributed by atoms with Crippen LogP contribution in [0.15, 0.2) is 53.4 Å². The second-order valence-corrected chi connectivity index (χ2v) is 9.12. The second kappa shape index (κ2) is 8.42. The Balaban J connectivity index is 1.77. The predicted octanol–water partition coefficient (Wildman–Crippen LogP) is 4.01. The van der Waals surface area contributed by atoms with Crippen LogP contribution in [-0.4, -0.2) is 31.7 Å². The van der Waals surface area contributed by atoms with Crippen molar-refractivity contribution in [3.05, 3.63) is 64.7 Å².